The van der Waals surface area contributed by atoms with E-state index >= 15 is 0 Å². The summed E-state index contributed by atoms with van der Waals surface area (Å²) < 4.78 is 0.562. The first-order valence-electron chi connectivity index (χ1n) is 5.33. The first-order valence-corrected chi connectivity index (χ1v) is 7.28. The molecular formula is C11H11BrN2O3S. The van der Waals surface area contributed by atoms with Crippen LogP contribution in [0.25, 0.3) is 0 Å². The minimum absolute atomic E-state index is 0.266. The molecule has 2 heterocycles. The van der Waals surface area contributed by atoms with Crippen LogP contribution in [0.4, 0.5) is 0 Å². The Morgan fingerprint density at radius 1 is 1.50 bits per heavy atom. The van der Waals surface area contributed by atoms with Gasteiger partial charge in [-0.1, -0.05) is 6.07 Å². The van der Waals surface area contributed by atoms with Gasteiger partial charge in [0.25, 0.3) is 5.91 Å². The van der Waals surface area contributed by atoms with Crippen molar-refractivity contribution < 1.29 is 14.7 Å². The van der Waals surface area contributed by atoms with Crippen LogP contribution in [0.15, 0.2) is 22.8 Å². The number of carboxylic acids is 1. The Bertz CT molecular complexity index is 483. The molecule has 18 heavy (non-hydrogen) atoms. The lowest BCUT2D eigenvalue weighted by Crippen LogP contribution is -2.50. The number of halogens is 1. The molecule has 0 aromatic carbocycles. The Labute approximate surface area is 117 Å². The number of hydrogen-bond acceptors (Lipinski definition) is 4. The van der Waals surface area contributed by atoms with Crippen LogP contribution in [0.1, 0.15) is 10.5 Å². The van der Waals surface area contributed by atoms with E-state index in [0.29, 0.717) is 16.9 Å². The van der Waals surface area contributed by atoms with Crippen molar-refractivity contribution >= 4 is 39.6 Å². The number of carbonyl (C=O) groups is 2. The number of carbonyl (C=O) groups excluding carboxylic acids is 1. The molecule has 1 amide bonds. The van der Waals surface area contributed by atoms with Crippen molar-refractivity contribution in [2.45, 2.75) is 6.04 Å². The number of pyridine rings is 1. The Morgan fingerprint density at radius 3 is 2.94 bits per heavy atom. The van der Waals surface area contributed by atoms with Crippen molar-refractivity contribution in [1.82, 2.24) is 9.88 Å². The van der Waals surface area contributed by atoms with Gasteiger partial charge in [-0.15, -0.1) is 0 Å². The van der Waals surface area contributed by atoms with Gasteiger partial charge in [-0.2, -0.15) is 11.8 Å². The van der Waals surface area contributed by atoms with Crippen LogP contribution in [0, 0.1) is 0 Å². The van der Waals surface area contributed by atoms with Gasteiger partial charge in [-0.05, 0) is 28.1 Å². The predicted octanol–water partition coefficient (Wildman–Crippen LogP) is 1.49. The van der Waals surface area contributed by atoms with Crippen LogP contribution < -0.4 is 0 Å². The van der Waals surface area contributed by atoms with E-state index in [9.17, 15) is 9.59 Å². The van der Waals surface area contributed by atoms with E-state index in [-0.39, 0.29) is 11.6 Å². The largest absolute Gasteiger partial charge is 0.480 e. The van der Waals surface area contributed by atoms with Crippen molar-refractivity contribution in [3.05, 3.63) is 28.5 Å². The van der Waals surface area contributed by atoms with Crippen LogP contribution in [-0.4, -0.2) is 51.0 Å². The van der Waals surface area contributed by atoms with Crippen molar-refractivity contribution in [3.8, 4) is 0 Å². The minimum atomic E-state index is -0.967. The molecule has 1 aromatic heterocycles. The Hall–Kier alpha value is -1.08. The van der Waals surface area contributed by atoms with Crippen molar-refractivity contribution in [2.24, 2.45) is 0 Å². The summed E-state index contributed by atoms with van der Waals surface area (Å²) >= 11 is 4.74. The standard InChI is InChI=1S/C11H11BrN2O3S/c12-9-3-1-2-7(13-9)10(15)14-4-5-18-6-8(14)11(16)17/h1-3,8H,4-6H2,(H,16,17). The maximum atomic E-state index is 12.2. The van der Waals surface area contributed by atoms with Crippen LogP contribution >= 0.6 is 27.7 Å². The number of aliphatic carboxylic acids is 1. The number of amides is 1. The molecule has 96 valence electrons. The fourth-order valence-corrected chi connectivity index (χ4v) is 3.11. The molecular weight excluding hydrogens is 320 g/mol. The summed E-state index contributed by atoms with van der Waals surface area (Å²) in [7, 11) is 0. The minimum Gasteiger partial charge on any atom is -0.480 e. The molecule has 1 atom stereocenters. The summed E-state index contributed by atoms with van der Waals surface area (Å²) in [5.41, 5.74) is 0.266. The third kappa shape index (κ3) is 2.84. The molecule has 2 rings (SSSR count). The molecule has 1 N–H and O–H groups in total. The van der Waals surface area contributed by atoms with E-state index in [2.05, 4.69) is 20.9 Å². The molecule has 7 heteroatoms. The van der Waals surface area contributed by atoms with E-state index < -0.39 is 12.0 Å². The molecule has 0 radical (unpaired) electrons. The average Bonchev–Trinajstić information content (AvgIpc) is 2.38. The number of rotatable bonds is 2. The van der Waals surface area contributed by atoms with Gasteiger partial charge in [0.1, 0.15) is 16.3 Å². The molecule has 1 unspecified atom stereocenters. The van der Waals surface area contributed by atoms with E-state index in [4.69, 9.17) is 5.11 Å². The van der Waals surface area contributed by atoms with Crippen LogP contribution in [0.5, 0.6) is 0 Å². The fourth-order valence-electron chi connectivity index (χ4n) is 1.73. The Kier molecular flexibility index (Phi) is 4.23. The summed E-state index contributed by atoms with van der Waals surface area (Å²) in [5.74, 6) is -0.118. The highest BCUT2D eigenvalue weighted by Gasteiger charge is 2.33. The fraction of sp³-hybridized carbons (Fsp3) is 0.364. The predicted molar refractivity (Wildman–Crippen MR) is 71.7 cm³/mol. The highest BCUT2D eigenvalue weighted by atomic mass is 79.9. The maximum absolute atomic E-state index is 12.2. The molecule has 0 aliphatic carbocycles. The van der Waals surface area contributed by atoms with Crippen LogP contribution in [-0.2, 0) is 4.79 Å². The smallest absolute Gasteiger partial charge is 0.327 e. The van der Waals surface area contributed by atoms with E-state index in [1.807, 2.05) is 0 Å². The zero-order valence-electron chi connectivity index (χ0n) is 9.38. The molecule has 1 saturated heterocycles. The van der Waals surface area contributed by atoms with E-state index in [0.717, 1.165) is 5.75 Å². The molecule has 1 aliphatic rings. The lowest BCUT2D eigenvalue weighted by atomic mass is 10.2. The zero-order chi connectivity index (χ0) is 13.1. The quantitative estimate of drug-likeness (QED) is 0.832. The topological polar surface area (TPSA) is 70.5 Å². The third-order valence-corrected chi connectivity index (χ3v) is 4.07. The van der Waals surface area contributed by atoms with E-state index in [1.54, 1.807) is 30.0 Å². The Morgan fingerprint density at radius 2 is 2.28 bits per heavy atom. The SMILES string of the molecule is O=C(O)C1CSCCN1C(=O)c1cccc(Br)n1. The van der Waals surface area contributed by atoms with Crippen LogP contribution in [0.3, 0.4) is 0 Å². The van der Waals surface area contributed by atoms with Gasteiger partial charge in [0, 0.05) is 18.1 Å². The zero-order valence-corrected chi connectivity index (χ0v) is 11.8. The molecule has 0 bridgehead atoms. The highest BCUT2D eigenvalue weighted by molar-refractivity contribution is 9.10. The summed E-state index contributed by atoms with van der Waals surface area (Å²) in [4.78, 5) is 28.8. The second-order valence-electron chi connectivity index (χ2n) is 3.77. The first-order chi connectivity index (χ1) is 8.59. The number of hydrogen-bond donors (Lipinski definition) is 1. The first kappa shape index (κ1) is 13.4. The van der Waals surface area contributed by atoms with Crippen molar-refractivity contribution in [1.29, 1.82) is 0 Å². The van der Waals surface area contributed by atoms with Crippen molar-refractivity contribution in [2.75, 3.05) is 18.1 Å². The molecule has 1 aromatic rings. The lowest BCUT2D eigenvalue weighted by molar-refractivity contribution is -0.141. The summed E-state index contributed by atoms with van der Waals surface area (Å²) in [6.07, 6.45) is 0. The van der Waals surface area contributed by atoms with Crippen molar-refractivity contribution in [3.63, 3.8) is 0 Å². The third-order valence-electron chi connectivity index (χ3n) is 2.61. The maximum Gasteiger partial charge on any atom is 0.327 e. The summed E-state index contributed by atoms with van der Waals surface area (Å²) in [6.45, 7) is 0.439. The van der Waals surface area contributed by atoms with Gasteiger partial charge in [0.15, 0.2) is 0 Å². The van der Waals surface area contributed by atoms with Gasteiger partial charge >= 0.3 is 5.97 Å². The van der Waals surface area contributed by atoms with Gasteiger partial charge in [0.2, 0.25) is 0 Å². The second kappa shape index (κ2) is 5.71. The number of nitrogens with zero attached hydrogens (tertiary/aromatic N) is 2. The monoisotopic (exact) mass is 330 g/mol. The summed E-state index contributed by atoms with van der Waals surface area (Å²) in [6, 6.07) is 4.25. The highest BCUT2D eigenvalue weighted by Crippen LogP contribution is 2.19. The van der Waals surface area contributed by atoms with Gasteiger partial charge < -0.3 is 10.0 Å². The lowest BCUT2D eigenvalue weighted by Gasteiger charge is -2.32. The van der Waals surface area contributed by atoms with Gasteiger partial charge in [-0.25, -0.2) is 9.78 Å². The molecule has 1 aliphatic heterocycles. The van der Waals surface area contributed by atoms with E-state index in [1.165, 1.54) is 4.90 Å². The van der Waals surface area contributed by atoms with Gasteiger partial charge in [0.05, 0.1) is 0 Å². The number of carboxylic acid groups (broad SMARTS) is 1. The Balaban J connectivity index is 2.23. The summed E-state index contributed by atoms with van der Waals surface area (Å²) in [5, 5.41) is 9.12. The molecule has 1 fully saturated rings. The molecule has 5 nitrogen and oxygen atoms in total. The number of aromatic nitrogens is 1. The second-order valence-corrected chi connectivity index (χ2v) is 5.74. The molecule has 0 saturated carbocycles. The van der Waals surface area contributed by atoms with Crippen LogP contribution in [0.2, 0.25) is 0 Å². The average molecular weight is 331 g/mol. The van der Waals surface area contributed by atoms with Gasteiger partial charge in [-0.3, -0.25) is 4.79 Å². The normalized spacial score (nSPS) is 19.6. The molecule has 0 spiro atoms. The number of thioether (sulfide) groups is 1.